The Kier molecular flexibility index (Phi) is 2.46. The number of hydrogen-bond donors (Lipinski definition) is 0. The third-order valence-corrected chi connectivity index (χ3v) is 2.04. The Morgan fingerprint density at radius 2 is 2.33 bits per heavy atom. The molecular formula is C6H8FNO3S. The molecule has 68 valence electrons. The zero-order chi connectivity index (χ0) is 9.19. The quantitative estimate of drug-likeness (QED) is 0.673. The minimum Gasteiger partial charge on any atom is -0.364 e. The third-order valence-electron chi connectivity index (χ3n) is 1.42. The maximum absolute atomic E-state index is 12.2. The van der Waals surface area contributed by atoms with Crippen LogP contribution in [0.5, 0.6) is 0 Å². The molecule has 1 aromatic heterocycles. The van der Waals surface area contributed by atoms with Crippen LogP contribution in [0.3, 0.4) is 0 Å². The van der Waals surface area contributed by atoms with Crippen LogP contribution in [0, 0.1) is 0 Å². The molecular weight excluding hydrogens is 185 g/mol. The van der Waals surface area contributed by atoms with Crippen molar-refractivity contribution >= 4 is 10.2 Å². The van der Waals surface area contributed by atoms with Crippen LogP contribution < -0.4 is 0 Å². The van der Waals surface area contributed by atoms with Gasteiger partial charge in [-0.1, -0.05) is 12.1 Å². The van der Waals surface area contributed by atoms with Crippen LogP contribution in [0.2, 0.25) is 0 Å². The van der Waals surface area contributed by atoms with Crippen LogP contribution >= 0.6 is 0 Å². The summed E-state index contributed by atoms with van der Waals surface area (Å²) in [6, 6.07) is 0. The van der Waals surface area contributed by atoms with Crippen molar-refractivity contribution in [2.75, 3.05) is 0 Å². The SMILES string of the molecule is CCc1conc1CS(=O)(=O)F. The Morgan fingerprint density at radius 3 is 2.83 bits per heavy atom. The molecule has 0 saturated carbocycles. The van der Waals surface area contributed by atoms with E-state index >= 15 is 0 Å². The van der Waals surface area contributed by atoms with E-state index in [1.54, 1.807) is 6.92 Å². The van der Waals surface area contributed by atoms with E-state index in [9.17, 15) is 12.3 Å². The summed E-state index contributed by atoms with van der Waals surface area (Å²) >= 11 is 0. The van der Waals surface area contributed by atoms with Crippen LogP contribution in [0.15, 0.2) is 10.8 Å². The van der Waals surface area contributed by atoms with E-state index in [2.05, 4.69) is 9.68 Å². The predicted molar refractivity (Wildman–Crippen MR) is 39.6 cm³/mol. The van der Waals surface area contributed by atoms with Crippen LogP contribution in [-0.4, -0.2) is 13.6 Å². The van der Waals surface area contributed by atoms with Crippen LogP contribution in [-0.2, 0) is 22.4 Å². The van der Waals surface area contributed by atoms with Gasteiger partial charge in [0.1, 0.15) is 17.7 Å². The molecule has 0 bridgehead atoms. The Balaban J connectivity index is 2.89. The highest BCUT2D eigenvalue weighted by Gasteiger charge is 2.15. The van der Waals surface area contributed by atoms with Gasteiger partial charge in [-0.05, 0) is 6.42 Å². The molecule has 4 nitrogen and oxygen atoms in total. The Hall–Kier alpha value is -0.910. The average molecular weight is 193 g/mol. The fourth-order valence-electron chi connectivity index (χ4n) is 0.850. The number of aryl methyl sites for hydroxylation is 1. The highest BCUT2D eigenvalue weighted by atomic mass is 32.3. The number of hydrogen-bond acceptors (Lipinski definition) is 4. The highest BCUT2D eigenvalue weighted by molar-refractivity contribution is 7.85. The first-order valence-electron chi connectivity index (χ1n) is 3.37. The molecule has 12 heavy (non-hydrogen) atoms. The first-order chi connectivity index (χ1) is 5.53. The summed E-state index contributed by atoms with van der Waals surface area (Å²) in [6.07, 6.45) is 1.90. The fraction of sp³-hybridized carbons (Fsp3) is 0.500. The molecule has 0 unspecified atom stereocenters. The van der Waals surface area contributed by atoms with Crippen molar-refractivity contribution < 1.29 is 16.8 Å². The van der Waals surface area contributed by atoms with Gasteiger partial charge in [0.2, 0.25) is 0 Å². The van der Waals surface area contributed by atoms with Crippen LogP contribution in [0.4, 0.5) is 3.89 Å². The largest absolute Gasteiger partial charge is 0.364 e. The van der Waals surface area contributed by atoms with Gasteiger partial charge in [-0.3, -0.25) is 0 Å². The van der Waals surface area contributed by atoms with E-state index < -0.39 is 16.0 Å². The van der Waals surface area contributed by atoms with E-state index in [1.807, 2.05) is 0 Å². The van der Waals surface area contributed by atoms with Crippen molar-refractivity contribution in [3.8, 4) is 0 Å². The van der Waals surface area contributed by atoms with Crippen LogP contribution in [0.1, 0.15) is 18.2 Å². The normalized spacial score (nSPS) is 11.8. The second kappa shape index (κ2) is 3.22. The first kappa shape index (κ1) is 9.18. The number of aromatic nitrogens is 1. The minimum absolute atomic E-state index is 0.153. The van der Waals surface area contributed by atoms with E-state index in [0.717, 1.165) is 0 Å². The molecule has 0 aliphatic heterocycles. The van der Waals surface area contributed by atoms with Crippen molar-refractivity contribution in [3.63, 3.8) is 0 Å². The van der Waals surface area contributed by atoms with Crippen LogP contribution in [0.25, 0.3) is 0 Å². The zero-order valence-corrected chi connectivity index (χ0v) is 7.27. The van der Waals surface area contributed by atoms with Gasteiger partial charge in [0.15, 0.2) is 0 Å². The van der Waals surface area contributed by atoms with Crippen molar-refractivity contribution in [3.05, 3.63) is 17.5 Å². The molecule has 0 spiro atoms. The lowest BCUT2D eigenvalue weighted by molar-refractivity contribution is 0.412. The fourth-order valence-corrected chi connectivity index (χ4v) is 1.41. The van der Waals surface area contributed by atoms with E-state index in [-0.39, 0.29) is 5.69 Å². The Morgan fingerprint density at radius 1 is 1.67 bits per heavy atom. The maximum Gasteiger partial charge on any atom is 0.308 e. The summed E-state index contributed by atoms with van der Waals surface area (Å²) in [5, 5.41) is 3.38. The summed E-state index contributed by atoms with van der Waals surface area (Å²) in [7, 11) is -4.50. The lowest BCUT2D eigenvalue weighted by atomic mass is 10.2. The molecule has 0 atom stereocenters. The number of rotatable bonds is 3. The van der Waals surface area contributed by atoms with Crippen molar-refractivity contribution in [2.45, 2.75) is 19.1 Å². The second-order valence-electron chi connectivity index (χ2n) is 2.32. The van der Waals surface area contributed by atoms with Crippen molar-refractivity contribution in [1.82, 2.24) is 5.16 Å². The topological polar surface area (TPSA) is 60.2 Å². The van der Waals surface area contributed by atoms with Gasteiger partial charge in [0, 0.05) is 5.56 Å². The molecule has 0 aromatic carbocycles. The molecule has 0 radical (unpaired) electrons. The third kappa shape index (κ3) is 2.30. The van der Waals surface area contributed by atoms with Gasteiger partial charge in [0.25, 0.3) is 0 Å². The van der Waals surface area contributed by atoms with Gasteiger partial charge >= 0.3 is 10.2 Å². The summed E-state index contributed by atoms with van der Waals surface area (Å²) < 4.78 is 37.1. The Labute approximate surface area is 69.6 Å². The predicted octanol–water partition coefficient (Wildman–Crippen LogP) is 1.04. The molecule has 0 aliphatic carbocycles. The van der Waals surface area contributed by atoms with Crippen molar-refractivity contribution in [2.24, 2.45) is 0 Å². The van der Waals surface area contributed by atoms with Gasteiger partial charge < -0.3 is 4.52 Å². The molecule has 1 aromatic rings. The summed E-state index contributed by atoms with van der Waals surface area (Å²) in [4.78, 5) is 0. The standard InChI is InChI=1S/C6H8FNO3S/c1-2-5-3-11-8-6(5)4-12(7,9)10/h3H,2,4H2,1H3. The van der Waals surface area contributed by atoms with Gasteiger partial charge in [-0.25, -0.2) is 0 Å². The molecule has 1 rings (SSSR count). The smallest absolute Gasteiger partial charge is 0.308 e. The summed E-state index contributed by atoms with van der Waals surface area (Å²) in [5.74, 6) is -0.702. The lowest BCUT2D eigenvalue weighted by Gasteiger charge is -1.92. The molecule has 0 saturated heterocycles. The monoisotopic (exact) mass is 193 g/mol. The van der Waals surface area contributed by atoms with Gasteiger partial charge in [0.05, 0.1) is 0 Å². The maximum atomic E-state index is 12.2. The Bertz CT molecular complexity index is 357. The summed E-state index contributed by atoms with van der Waals surface area (Å²) in [6.45, 7) is 1.81. The number of nitrogens with zero attached hydrogens (tertiary/aromatic N) is 1. The first-order valence-corrected chi connectivity index (χ1v) is 4.92. The second-order valence-corrected chi connectivity index (χ2v) is 3.69. The summed E-state index contributed by atoms with van der Waals surface area (Å²) in [5.41, 5.74) is 0.774. The van der Waals surface area contributed by atoms with Gasteiger partial charge in [-0.15, -0.1) is 3.89 Å². The molecule has 0 amide bonds. The molecule has 0 N–H and O–H groups in total. The molecule has 0 aliphatic rings. The minimum atomic E-state index is -4.50. The number of halogens is 1. The van der Waals surface area contributed by atoms with Gasteiger partial charge in [-0.2, -0.15) is 8.42 Å². The lowest BCUT2D eigenvalue weighted by Crippen LogP contribution is -1.99. The molecule has 6 heteroatoms. The highest BCUT2D eigenvalue weighted by Crippen LogP contribution is 2.11. The molecule has 0 fully saturated rings. The van der Waals surface area contributed by atoms with E-state index in [1.165, 1.54) is 6.26 Å². The average Bonchev–Trinajstić information content (AvgIpc) is 2.31. The molecule has 1 heterocycles. The van der Waals surface area contributed by atoms with Crippen molar-refractivity contribution in [1.29, 1.82) is 0 Å². The van der Waals surface area contributed by atoms with E-state index in [0.29, 0.717) is 12.0 Å². The van der Waals surface area contributed by atoms with E-state index in [4.69, 9.17) is 0 Å². The zero-order valence-electron chi connectivity index (χ0n) is 6.45.